The zero-order valence-electron chi connectivity index (χ0n) is 13.7. The van der Waals surface area contributed by atoms with Crippen LogP contribution in [-0.4, -0.2) is 20.2 Å². The van der Waals surface area contributed by atoms with Crippen molar-refractivity contribution in [3.8, 4) is 17.6 Å². The van der Waals surface area contributed by atoms with Crippen LogP contribution in [-0.2, 0) is 0 Å². The van der Waals surface area contributed by atoms with Crippen LogP contribution < -0.4 is 14.4 Å². The van der Waals surface area contributed by atoms with Crippen LogP contribution >= 0.6 is 27.3 Å². The Labute approximate surface area is 159 Å². The predicted octanol–water partition coefficient (Wildman–Crippen LogP) is 4.54. The largest absolute Gasteiger partial charge is 0.481 e. The summed E-state index contributed by atoms with van der Waals surface area (Å²) in [6, 6.07) is 17.2. The Bertz CT molecular complexity index is 986. The first-order valence-electron chi connectivity index (χ1n) is 7.71. The Morgan fingerprint density at radius 1 is 1.12 bits per heavy atom. The highest BCUT2D eigenvalue weighted by Crippen LogP contribution is 2.26. The Kier molecular flexibility index (Phi) is 5.75. The van der Waals surface area contributed by atoms with Crippen molar-refractivity contribution in [2.75, 3.05) is 25.1 Å². The molecule has 0 saturated heterocycles. The monoisotopic (exact) mass is 413 g/mol. The smallest absolute Gasteiger partial charge is 0.234 e. The second kappa shape index (κ2) is 8.19. The molecule has 1 aromatic heterocycles. The summed E-state index contributed by atoms with van der Waals surface area (Å²) in [5.41, 5.74) is 0.905. The Balaban J connectivity index is 1.64. The molecular weight excluding hydrogens is 398 g/mol. The highest BCUT2D eigenvalue weighted by molar-refractivity contribution is 9.10. The minimum Gasteiger partial charge on any atom is -0.481 e. The van der Waals surface area contributed by atoms with E-state index in [1.54, 1.807) is 6.07 Å². The van der Waals surface area contributed by atoms with Gasteiger partial charge in [0.2, 0.25) is 4.74 Å². The van der Waals surface area contributed by atoms with Crippen molar-refractivity contribution in [1.82, 2.24) is 0 Å². The Hall–Kier alpha value is -2.29. The zero-order chi connectivity index (χ0) is 17.6. The molecule has 0 spiro atoms. The lowest BCUT2D eigenvalue weighted by Gasteiger charge is -2.17. The molecule has 0 bridgehead atoms. The molecule has 0 fully saturated rings. The van der Waals surface area contributed by atoms with E-state index in [9.17, 15) is 4.79 Å². The second-order valence-electron chi connectivity index (χ2n) is 5.40. The van der Waals surface area contributed by atoms with Crippen LogP contribution in [0.2, 0.25) is 0 Å². The Morgan fingerprint density at radius 2 is 1.88 bits per heavy atom. The summed E-state index contributed by atoms with van der Waals surface area (Å²) in [5, 5.41) is 1.07. The highest BCUT2D eigenvalue weighted by atomic mass is 79.9. The summed E-state index contributed by atoms with van der Waals surface area (Å²) in [6.07, 6.45) is 0. The van der Waals surface area contributed by atoms with E-state index in [-0.39, 0.29) is 4.74 Å². The average Bonchev–Trinajstić information content (AvgIpc) is 2.62. The van der Waals surface area contributed by atoms with Crippen molar-refractivity contribution in [3.63, 3.8) is 0 Å². The topological polar surface area (TPSA) is 29.5 Å². The first-order valence-corrected chi connectivity index (χ1v) is 9.32. The third kappa shape index (κ3) is 4.62. The van der Waals surface area contributed by atoms with Gasteiger partial charge in [-0.15, -0.1) is 0 Å². The van der Waals surface area contributed by atoms with Gasteiger partial charge in [0.05, 0.1) is 12.2 Å². The molecule has 3 nitrogen and oxygen atoms in total. The van der Waals surface area contributed by atoms with E-state index in [4.69, 9.17) is 4.74 Å². The zero-order valence-corrected chi connectivity index (χ0v) is 16.1. The van der Waals surface area contributed by atoms with Crippen LogP contribution in [0.3, 0.4) is 0 Å². The molecule has 0 saturated carbocycles. The molecule has 1 heterocycles. The van der Waals surface area contributed by atoms with E-state index in [1.165, 1.54) is 11.3 Å². The number of nitrogens with zero attached hydrogens (tertiary/aromatic N) is 1. The molecule has 0 N–H and O–H groups in total. The van der Waals surface area contributed by atoms with Crippen LogP contribution in [0.1, 0.15) is 0 Å². The summed E-state index contributed by atoms with van der Waals surface area (Å²) >= 11 is 4.65. The molecule has 25 heavy (non-hydrogen) atoms. The molecule has 0 radical (unpaired) electrons. The molecule has 0 amide bonds. The van der Waals surface area contributed by atoms with Gasteiger partial charge in [-0.3, -0.25) is 4.79 Å². The molecule has 0 unspecified atom stereocenters. The van der Waals surface area contributed by atoms with E-state index >= 15 is 0 Å². The minimum absolute atomic E-state index is 0.0482. The van der Waals surface area contributed by atoms with Gasteiger partial charge in [0.1, 0.15) is 12.4 Å². The number of hydrogen-bond acceptors (Lipinski definition) is 4. The molecule has 3 rings (SSSR count). The van der Waals surface area contributed by atoms with Gasteiger partial charge in [-0.25, -0.2) is 0 Å². The van der Waals surface area contributed by atoms with E-state index in [0.717, 1.165) is 26.0 Å². The molecule has 3 aromatic rings. The lowest BCUT2D eigenvalue weighted by atomic mass is 10.2. The average molecular weight is 414 g/mol. The fourth-order valence-electron chi connectivity index (χ4n) is 2.37. The number of halogens is 1. The van der Waals surface area contributed by atoms with Crippen LogP contribution in [0.5, 0.6) is 5.75 Å². The van der Waals surface area contributed by atoms with Crippen LogP contribution in [0.4, 0.5) is 5.69 Å². The molecule has 126 valence electrons. The summed E-state index contributed by atoms with van der Waals surface area (Å²) in [4.78, 5) is 13.9. The van der Waals surface area contributed by atoms with Crippen molar-refractivity contribution >= 4 is 43.0 Å². The Morgan fingerprint density at radius 3 is 2.68 bits per heavy atom. The van der Waals surface area contributed by atoms with Gasteiger partial charge in [-0.05, 0) is 30.3 Å². The maximum absolute atomic E-state index is 11.9. The highest BCUT2D eigenvalue weighted by Gasteiger charge is 2.07. The van der Waals surface area contributed by atoms with E-state index < -0.39 is 0 Å². The fraction of sp³-hybridized carbons (Fsp3) is 0.150. The molecule has 0 atom stereocenters. The number of anilines is 1. The van der Waals surface area contributed by atoms with Crippen molar-refractivity contribution in [2.24, 2.45) is 0 Å². The SMILES string of the molecule is CN(CC#CCOc1ccc(Br)cc1)c1cc(=O)sc2ccccc12. The molecule has 0 aliphatic rings. The number of fused-ring (bicyclic) bond motifs is 1. The summed E-state index contributed by atoms with van der Waals surface area (Å²) in [7, 11) is 1.94. The molecule has 2 aromatic carbocycles. The first-order chi connectivity index (χ1) is 12.1. The van der Waals surface area contributed by atoms with Gasteiger partial charge in [-0.2, -0.15) is 0 Å². The summed E-state index contributed by atoms with van der Waals surface area (Å²) in [5.74, 6) is 6.89. The molecular formula is C20H16BrNO2S. The standard InChI is InChI=1S/C20H16BrNO2S/c1-22(12-4-5-13-24-16-10-8-15(21)9-11-16)18-14-20(23)25-19-7-3-2-6-17(18)19/h2-3,6-11,14H,12-13H2,1H3. The van der Waals surface area contributed by atoms with Gasteiger partial charge in [0, 0.05) is 27.7 Å². The quantitative estimate of drug-likeness (QED) is 0.587. The summed E-state index contributed by atoms with van der Waals surface area (Å²) < 4.78 is 7.63. The van der Waals surface area contributed by atoms with Crippen LogP contribution in [0.25, 0.3) is 10.1 Å². The predicted molar refractivity (Wildman–Crippen MR) is 109 cm³/mol. The van der Waals surface area contributed by atoms with Gasteiger partial charge in [0.15, 0.2) is 0 Å². The van der Waals surface area contributed by atoms with Gasteiger partial charge in [0.25, 0.3) is 0 Å². The summed E-state index contributed by atoms with van der Waals surface area (Å²) in [6.45, 7) is 0.863. The minimum atomic E-state index is 0.0482. The number of rotatable bonds is 4. The second-order valence-corrected chi connectivity index (χ2v) is 7.36. The first kappa shape index (κ1) is 17.5. The van der Waals surface area contributed by atoms with Gasteiger partial charge >= 0.3 is 0 Å². The maximum Gasteiger partial charge on any atom is 0.234 e. The lowest BCUT2D eigenvalue weighted by molar-refractivity contribution is 0.370. The van der Waals surface area contributed by atoms with Crippen LogP contribution in [0.15, 0.2) is 63.9 Å². The number of ether oxygens (including phenoxy) is 1. The maximum atomic E-state index is 11.9. The van der Waals surface area contributed by atoms with E-state index in [0.29, 0.717) is 13.2 Å². The number of hydrogen-bond donors (Lipinski definition) is 0. The third-order valence-electron chi connectivity index (χ3n) is 3.61. The number of benzene rings is 2. The fourth-order valence-corrected chi connectivity index (χ4v) is 3.45. The van der Waals surface area contributed by atoms with Crippen molar-refractivity contribution < 1.29 is 4.74 Å². The van der Waals surface area contributed by atoms with Crippen molar-refractivity contribution in [1.29, 1.82) is 0 Å². The molecule has 0 aliphatic carbocycles. The lowest BCUT2D eigenvalue weighted by Crippen LogP contribution is -2.18. The van der Waals surface area contributed by atoms with Gasteiger partial charge < -0.3 is 9.64 Å². The van der Waals surface area contributed by atoms with E-state index in [1.807, 2.05) is 60.5 Å². The molecule has 0 aliphatic heterocycles. The van der Waals surface area contributed by atoms with Crippen molar-refractivity contribution in [3.05, 3.63) is 68.6 Å². The van der Waals surface area contributed by atoms with E-state index in [2.05, 4.69) is 27.8 Å². The van der Waals surface area contributed by atoms with Crippen LogP contribution in [0, 0.1) is 11.8 Å². The van der Waals surface area contributed by atoms with Gasteiger partial charge in [-0.1, -0.05) is 57.3 Å². The normalized spacial score (nSPS) is 10.2. The molecule has 5 heteroatoms. The third-order valence-corrected chi connectivity index (χ3v) is 5.03. The van der Waals surface area contributed by atoms with Crippen molar-refractivity contribution in [2.45, 2.75) is 0 Å².